The van der Waals surface area contributed by atoms with E-state index in [1.807, 2.05) is 43.3 Å². The number of nitrogen functional groups attached to an aromatic ring is 1. The van der Waals surface area contributed by atoms with Gasteiger partial charge in [0, 0.05) is 24.0 Å². The third-order valence-electron chi connectivity index (χ3n) is 5.40. The molecule has 148 valence electrons. The van der Waals surface area contributed by atoms with Gasteiger partial charge in [-0.2, -0.15) is 0 Å². The van der Waals surface area contributed by atoms with Gasteiger partial charge in [0.05, 0.1) is 11.4 Å². The Balaban J connectivity index is 1.49. The van der Waals surface area contributed by atoms with Gasteiger partial charge in [-0.25, -0.2) is 4.68 Å². The molecular formula is C21H21N5O3. The van der Waals surface area contributed by atoms with Gasteiger partial charge >= 0.3 is 0 Å². The first-order valence-electron chi connectivity index (χ1n) is 9.65. The van der Waals surface area contributed by atoms with Crippen LogP contribution in [0, 0.1) is 6.92 Å². The highest BCUT2D eigenvalue weighted by molar-refractivity contribution is 6.06. The third kappa shape index (κ3) is 2.88. The van der Waals surface area contributed by atoms with E-state index in [9.17, 15) is 4.79 Å². The van der Waals surface area contributed by atoms with Crippen molar-refractivity contribution in [1.82, 2.24) is 15.0 Å². The highest BCUT2D eigenvalue weighted by Crippen LogP contribution is 2.34. The molecule has 0 spiro atoms. The number of amides is 1. The summed E-state index contributed by atoms with van der Waals surface area (Å²) in [6.07, 6.45) is 1.73. The lowest BCUT2D eigenvalue weighted by Gasteiger charge is -2.29. The summed E-state index contributed by atoms with van der Waals surface area (Å²) in [5.41, 5.74) is 10.5. The second kappa shape index (κ2) is 6.80. The molecule has 0 aliphatic carbocycles. The minimum atomic E-state index is -0.169. The number of hydrogen-bond acceptors (Lipinski definition) is 6. The summed E-state index contributed by atoms with van der Waals surface area (Å²) in [6.45, 7) is 3.52. The molecule has 3 heterocycles. The van der Waals surface area contributed by atoms with Gasteiger partial charge in [0.2, 0.25) is 0 Å². The Hall–Kier alpha value is -3.55. The molecule has 3 aromatic rings. The fraction of sp³-hybridized carbons (Fsp3) is 0.286. The summed E-state index contributed by atoms with van der Waals surface area (Å²) in [5.74, 6) is 1.20. The number of benzene rings is 2. The van der Waals surface area contributed by atoms with Crippen molar-refractivity contribution in [3.05, 3.63) is 53.3 Å². The Labute approximate surface area is 167 Å². The van der Waals surface area contributed by atoms with Crippen LogP contribution in [0.15, 0.2) is 36.4 Å². The van der Waals surface area contributed by atoms with E-state index in [4.69, 9.17) is 15.2 Å². The van der Waals surface area contributed by atoms with E-state index in [-0.39, 0.29) is 5.91 Å². The van der Waals surface area contributed by atoms with Crippen LogP contribution in [0.4, 0.5) is 11.4 Å². The van der Waals surface area contributed by atoms with Gasteiger partial charge < -0.3 is 20.1 Å². The molecule has 1 aromatic heterocycles. The topological polar surface area (TPSA) is 95.5 Å². The molecule has 2 N–H and O–H groups in total. The lowest BCUT2D eigenvalue weighted by Crippen LogP contribution is -2.36. The van der Waals surface area contributed by atoms with Crippen LogP contribution in [0.25, 0.3) is 5.69 Å². The van der Waals surface area contributed by atoms with E-state index >= 15 is 0 Å². The van der Waals surface area contributed by atoms with Crippen molar-refractivity contribution in [1.29, 1.82) is 0 Å². The molecule has 0 fully saturated rings. The molecule has 0 atom stereocenters. The number of aromatic nitrogens is 3. The van der Waals surface area contributed by atoms with Crippen molar-refractivity contribution in [2.75, 3.05) is 30.4 Å². The highest BCUT2D eigenvalue weighted by Gasteiger charge is 2.28. The molecule has 8 heteroatoms. The van der Waals surface area contributed by atoms with Gasteiger partial charge in [-0.15, -0.1) is 5.10 Å². The maximum Gasteiger partial charge on any atom is 0.280 e. The maximum atomic E-state index is 13.3. The van der Waals surface area contributed by atoms with Crippen molar-refractivity contribution < 1.29 is 14.3 Å². The van der Waals surface area contributed by atoms with Crippen LogP contribution in [-0.2, 0) is 6.42 Å². The Morgan fingerprint density at radius 2 is 1.97 bits per heavy atom. The number of anilines is 2. The number of rotatable bonds is 2. The normalized spacial score (nSPS) is 15.1. The van der Waals surface area contributed by atoms with Crippen LogP contribution in [-0.4, -0.2) is 40.7 Å². The SMILES string of the molecule is Cc1c(C(=O)N2CCCc3c(N)cccc32)nnn1-c1ccc2c(c1)OCCO2. The standard InChI is InChI=1S/C21H21N5O3/c1-13-20(21(27)25-9-3-4-15-16(22)5-2-6-17(15)25)23-24-26(13)14-7-8-18-19(12-14)29-11-10-28-18/h2,5-8,12H,3-4,9-11,22H2,1H3. The zero-order chi connectivity index (χ0) is 20.0. The van der Waals surface area contributed by atoms with Crippen LogP contribution in [0.2, 0.25) is 0 Å². The second-order valence-electron chi connectivity index (χ2n) is 7.17. The van der Waals surface area contributed by atoms with Gasteiger partial charge in [0.15, 0.2) is 17.2 Å². The van der Waals surface area contributed by atoms with Gasteiger partial charge in [0.25, 0.3) is 5.91 Å². The van der Waals surface area contributed by atoms with E-state index in [0.29, 0.717) is 42.6 Å². The van der Waals surface area contributed by atoms with Crippen molar-refractivity contribution in [3.8, 4) is 17.2 Å². The number of hydrogen-bond donors (Lipinski definition) is 1. The van der Waals surface area contributed by atoms with Gasteiger partial charge in [-0.3, -0.25) is 4.79 Å². The molecular weight excluding hydrogens is 370 g/mol. The lowest BCUT2D eigenvalue weighted by molar-refractivity contribution is 0.0979. The largest absolute Gasteiger partial charge is 0.486 e. The smallest absolute Gasteiger partial charge is 0.280 e. The molecule has 0 saturated heterocycles. The zero-order valence-corrected chi connectivity index (χ0v) is 16.1. The molecule has 0 bridgehead atoms. The van der Waals surface area contributed by atoms with Crippen LogP contribution >= 0.6 is 0 Å². The summed E-state index contributed by atoms with van der Waals surface area (Å²) in [5, 5.41) is 8.42. The predicted octanol–water partition coefficient (Wildman–Crippen LogP) is 2.52. The highest BCUT2D eigenvalue weighted by atomic mass is 16.6. The quantitative estimate of drug-likeness (QED) is 0.675. The predicted molar refractivity (Wildman–Crippen MR) is 108 cm³/mol. The summed E-state index contributed by atoms with van der Waals surface area (Å²) >= 11 is 0. The molecule has 2 aliphatic rings. The summed E-state index contributed by atoms with van der Waals surface area (Å²) in [4.78, 5) is 15.0. The first kappa shape index (κ1) is 17.5. The molecule has 0 unspecified atom stereocenters. The van der Waals surface area contributed by atoms with Crippen molar-refractivity contribution in [3.63, 3.8) is 0 Å². The Kier molecular flexibility index (Phi) is 4.12. The van der Waals surface area contributed by atoms with Crippen molar-refractivity contribution >= 4 is 17.3 Å². The first-order valence-corrected chi connectivity index (χ1v) is 9.65. The third-order valence-corrected chi connectivity index (χ3v) is 5.40. The number of carbonyl (C=O) groups excluding carboxylic acids is 1. The number of nitrogens with zero attached hydrogens (tertiary/aromatic N) is 4. The number of carbonyl (C=O) groups is 1. The monoisotopic (exact) mass is 391 g/mol. The number of ether oxygens (including phenoxy) is 2. The molecule has 0 radical (unpaired) electrons. The second-order valence-corrected chi connectivity index (χ2v) is 7.17. The van der Waals surface area contributed by atoms with E-state index in [2.05, 4.69) is 10.3 Å². The van der Waals surface area contributed by atoms with Crippen LogP contribution in [0.3, 0.4) is 0 Å². The molecule has 2 aromatic carbocycles. The Morgan fingerprint density at radius 1 is 1.14 bits per heavy atom. The molecule has 0 saturated carbocycles. The van der Waals surface area contributed by atoms with Crippen molar-refractivity contribution in [2.24, 2.45) is 0 Å². The zero-order valence-electron chi connectivity index (χ0n) is 16.1. The molecule has 5 rings (SSSR count). The molecule has 29 heavy (non-hydrogen) atoms. The average Bonchev–Trinajstić information content (AvgIpc) is 3.14. The van der Waals surface area contributed by atoms with E-state index in [1.54, 1.807) is 9.58 Å². The molecule has 1 amide bonds. The van der Waals surface area contributed by atoms with E-state index in [0.717, 1.165) is 35.5 Å². The minimum absolute atomic E-state index is 0.169. The van der Waals surface area contributed by atoms with Gasteiger partial charge in [-0.05, 0) is 49.6 Å². The first-order chi connectivity index (χ1) is 14.1. The number of fused-ring (bicyclic) bond motifs is 2. The Bertz CT molecular complexity index is 1110. The van der Waals surface area contributed by atoms with E-state index in [1.165, 1.54) is 0 Å². The van der Waals surface area contributed by atoms with Crippen LogP contribution in [0.5, 0.6) is 11.5 Å². The Morgan fingerprint density at radius 3 is 2.83 bits per heavy atom. The summed E-state index contributed by atoms with van der Waals surface area (Å²) < 4.78 is 12.9. The van der Waals surface area contributed by atoms with Crippen molar-refractivity contribution in [2.45, 2.75) is 19.8 Å². The molecule has 8 nitrogen and oxygen atoms in total. The number of nitrogens with two attached hydrogens (primary N) is 1. The fourth-order valence-corrected chi connectivity index (χ4v) is 3.93. The van der Waals surface area contributed by atoms with Crippen LogP contribution < -0.4 is 20.1 Å². The minimum Gasteiger partial charge on any atom is -0.486 e. The lowest BCUT2D eigenvalue weighted by atomic mass is 9.99. The summed E-state index contributed by atoms with van der Waals surface area (Å²) in [6, 6.07) is 11.2. The van der Waals surface area contributed by atoms with Crippen LogP contribution in [0.1, 0.15) is 28.2 Å². The van der Waals surface area contributed by atoms with Gasteiger partial charge in [-0.1, -0.05) is 11.3 Å². The average molecular weight is 391 g/mol. The van der Waals surface area contributed by atoms with Gasteiger partial charge in [0.1, 0.15) is 13.2 Å². The molecule has 2 aliphatic heterocycles. The van der Waals surface area contributed by atoms with E-state index < -0.39 is 0 Å². The maximum absolute atomic E-state index is 13.3. The fourth-order valence-electron chi connectivity index (χ4n) is 3.93. The summed E-state index contributed by atoms with van der Waals surface area (Å²) in [7, 11) is 0.